The summed E-state index contributed by atoms with van der Waals surface area (Å²) in [7, 11) is 0. The summed E-state index contributed by atoms with van der Waals surface area (Å²) < 4.78 is 0. The number of fused-ring (bicyclic) bond motifs is 1. The zero-order valence-corrected chi connectivity index (χ0v) is 8.66. The van der Waals surface area contributed by atoms with Crippen molar-refractivity contribution in [2.45, 2.75) is 0 Å². The maximum atomic E-state index is 11.6. The van der Waals surface area contributed by atoms with E-state index in [1.807, 2.05) is 0 Å². The Morgan fingerprint density at radius 1 is 1.44 bits per heavy atom. The number of rotatable bonds is 3. The Kier molecular flexibility index (Phi) is 2.78. The third-order valence-electron chi connectivity index (χ3n) is 2.28. The van der Waals surface area contributed by atoms with Crippen LogP contribution in [0.4, 0.5) is 0 Å². The van der Waals surface area contributed by atoms with Gasteiger partial charge in [0, 0.05) is 24.0 Å². The van der Waals surface area contributed by atoms with Gasteiger partial charge in [0.15, 0.2) is 0 Å². The fourth-order valence-electron chi connectivity index (χ4n) is 1.52. The Morgan fingerprint density at radius 3 is 3.00 bits per heavy atom. The minimum absolute atomic E-state index is 0.181. The van der Waals surface area contributed by atoms with Gasteiger partial charge in [-0.15, -0.1) is 0 Å². The molecule has 0 fully saturated rings. The molecule has 1 aromatic heterocycles. The Bertz CT molecular complexity index is 519. The molecular weight excluding hydrogens is 206 g/mol. The maximum Gasteiger partial charge on any atom is 0.267 e. The first-order valence-electron chi connectivity index (χ1n) is 5.00. The summed E-state index contributed by atoms with van der Waals surface area (Å²) in [4.78, 5) is 14.6. The average Bonchev–Trinajstić information content (AvgIpc) is 2.68. The minimum atomic E-state index is -0.193. The summed E-state index contributed by atoms with van der Waals surface area (Å²) >= 11 is 0. The fourth-order valence-corrected chi connectivity index (χ4v) is 1.52. The molecule has 84 valence electrons. The van der Waals surface area contributed by atoms with E-state index in [-0.39, 0.29) is 11.7 Å². The van der Waals surface area contributed by atoms with E-state index in [2.05, 4.69) is 10.3 Å². The Balaban J connectivity index is 2.28. The minimum Gasteiger partial charge on any atom is -0.508 e. The number of carbonyl (C=O) groups excluding carboxylic acids is 1. The van der Waals surface area contributed by atoms with Crippen LogP contribution >= 0.6 is 0 Å². The Morgan fingerprint density at radius 2 is 2.25 bits per heavy atom. The van der Waals surface area contributed by atoms with Crippen molar-refractivity contribution in [3.63, 3.8) is 0 Å². The lowest BCUT2D eigenvalue weighted by atomic mass is 10.2. The molecule has 5 nitrogen and oxygen atoms in total. The summed E-state index contributed by atoms with van der Waals surface area (Å²) in [6.07, 6.45) is 0. The van der Waals surface area contributed by atoms with Crippen LogP contribution in [0.15, 0.2) is 24.3 Å². The van der Waals surface area contributed by atoms with Gasteiger partial charge in [0.25, 0.3) is 5.91 Å². The number of nitrogens with one attached hydrogen (secondary N) is 2. The first-order chi connectivity index (χ1) is 7.70. The number of aromatic hydroxyl groups is 1. The maximum absolute atomic E-state index is 11.6. The number of carbonyl (C=O) groups is 1. The van der Waals surface area contributed by atoms with Crippen LogP contribution in [0.25, 0.3) is 10.9 Å². The SMILES string of the molecule is NCCNC(=O)c1cc2cc(O)ccc2[nH]1. The standard InChI is InChI=1S/C11H13N3O2/c12-3-4-13-11(16)10-6-7-5-8(15)1-2-9(7)14-10/h1-2,5-6,14-15H,3-4,12H2,(H,13,16). The van der Waals surface area contributed by atoms with E-state index in [4.69, 9.17) is 5.73 Å². The highest BCUT2D eigenvalue weighted by atomic mass is 16.3. The zero-order valence-electron chi connectivity index (χ0n) is 8.66. The number of benzene rings is 1. The van der Waals surface area contributed by atoms with Gasteiger partial charge in [-0.1, -0.05) is 0 Å². The van der Waals surface area contributed by atoms with Crippen LogP contribution < -0.4 is 11.1 Å². The van der Waals surface area contributed by atoms with E-state index < -0.39 is 0 Å². The second kappa shape index (κ2) is 4.24. The van der Waals surface area contributed by atoms with Crippen molar-refractivity contribution in [2.75, 3.05) is 13.1 Å². The summed E-state index contributed by atoms with van der Waals surface area (Å²) in [5.41, 5.74) is 6.57. The predicted molar refractivity (Wildman–Crippen MR) is 61.4 cm³/mol. The van der Waals surface area contributed by atoms with E-state index >= 15 is 0 Å². The number of hydrogen-bond donors (Lipinski definition) is 4. The summed E-state index contributed by atoms with van der Waals surface area (Å²) in [5.74, 6) is -0.0124. The van der Waals surface area contributed by atoms with Gasteiger partial charge in [0.1, 0.15) is 11.4 Å². The molecule has 0 radical (unpaired) electrons. The van der Waals surface area contributed by atoms with E-state index in [1.54, 1.807) is 24.3 Å². The summed E-state index contributed by atoms with van der Waals surface area (Å²) in [6.45, 7) is 0.853. The van der Waals surface area contributed by atoms with Crippen molar-refractivity contribution < 1.29 is 9.90 Å². The average molecular weight is 219 g/mol. The number of aromatic nitrogens is 1. The lowest BCUT2D eigenvalue weighted by molar-refractivity contribution is 0.0950. The zero-order chi connectivity index (χ0) is 11.5. The van der Waals surface area contributed by atoms with E-state index in [0.29, 0.717) is 18.8 Å². The molecule has 0 aliphatic rings. The smallest absolute Gasteiger partial charge is 0.267 e. The molecule has 2 aromatic rings. The number of aromatic amines is 1. The van der Waals surface area contributed by atoms with Gasteiger partial charge < -0.3 is 21.1 Å². The molecule has 2 rings (SSSR count). The van der Waals surface area contributed by atoms with Crippen molar-refractivity contribution in [1.29, 1.82) is 0 Å². The van der Waals surface area contributed by atoms with Crippen LogP contribution in [0, 0.1) is 0 Å². The van der Waals surface area contributed by atoms with Gasteiger partial charge in [-0.3, -0.25) is 4.79 Å². The molecule has 0 saturated heterocycles. The first-order valence-corrected chi connectivity index (χ1v) is 5.00. The van der Waals surface area contributed by atoms with Gasteiger partial charge in [-0.05, 0) is 24.3 Å². The molecule has 0 saturated carbocycles. The van der Waals surface area contributed by atoms with E-state index in [1.165, 1.54) is 0 Å². The molecule has 16 heavy (non-hydrogen) atoms. The molecule has 0 aliphatic carbocycles. The molecule has 0 unspecified atom stereocenters. The molecular formula is C11H13N3O2. The monoisotopic (exact) mass is 219 g/mol. The van der Waals surface area contributed by atoms with Crippen molar-refractivity contribution in [3.05, 3.63) is 30.0 Å². The number of H-pyrrole nitrogens is 1. The van der Waals surface area contributed by atoms with E-state index in [9.17, 15) is 9.90 Å². The quantitative estimate of drug-likeness (QED) is 0.608. The van der Waals surface area contributed by atoms with Crippen LogP contribution in [-0.2, 0) is 0 Å². The first kappa shape index (κ1) is 10.5. The van der Waals surface area contributed by atoms with Gasteiger partial charge in [0.05, 0.1) is 0 Å². The fraction of sp³-hybridized carbons (Fsp3) is 0.182. The molecule has 0 atom stereocenters. The van der Waals surface area contributed by atoms with Crippen LogP contribution in [-0.4, -0.2) is 29.1 Å². The highest BCUT2D eigenvalue weighted by molar-refractivity contribution is 5.98. The third-order valence-corrected chi connectivity index (χ3v) is 2.28. The van der Waals surface area contributed by atoms with Crippen LogP contribution in [0.3, 0.4) is 0 Å². The van der Waals surface area contributed by atoms with Crippen LogP contribution in [0.5, 0.6) is 5.75 Å². The van der Waals surface area contributed by atoms with Gasteiger partial charge >= 0.3 is 0 Å². The lowest BCUT2D eigenvalue weighted by Crippen LogP contribution is -2.29. The second-order valence-electron chi connectivity index (χ2n) is 3.50. The third kappa shape index (κ3) is 1.99. The Labute approximate surface area is 92.3 Å². The molecule has 0 spiro atoms. The van der Waals surface area contributed by atoms with Crippen molar-refractivity contribution in [3.8, 4) is 5.75 Å². The number of hydrogen-bond acceptors (Lipinski definition) is 3. The van der Waals surface area contributed by atoms with Crippen molar-refractivity contribution >= 4 is 16.8 Å². The van der Waals surface area contributed by atoms with Crippen LogP contribution in [0.1, 0.15) is 10.5 Å². The second-order valence-corrected chi connectivity index (χ2v) is 3.50. The largest absolute Gasteiger partial charge is 0.508 e. The van der Waals surface area contributed by atoms with Gasteiger partial charge in [0.2, 0.25) is 0 Å². The van der Waals surface area contributed by atoms with Crippen LogP contribution in [0.2, 0.25) is 0 Å². The van der Waals surface area contributed by atoms with Gasteiger partial charge in [-0.25, -0.2) is 0 Å². The Hall–Kier alpha value is -2.01. The highest BCUT2D eigenvalue weighted by Crippen LogP contribution is 2.20. The topological polar surface area (TPSA) is 91.1 Å². The molecule has 1 amide bonds. The molecule has 1 aromatic carbocycles. The normalized spacial score (nSPS) is 10.6. The predicted octanol–water partition coefficient (Wildman–Crippen LogP) is 0.562. The molecule has 5 heteroatoms. The lowest BCUT2D eigenvalue weighted by Gasteiger charge is -1.99. The number of nitrogens with two attached hydrogens (primary N) is 1. The number of phenols is 1. The van der Waals surface area contributed by atoms with Crippen molar-refractivity contribution in [1.82, 2.24) is 10.3 Å². The van der Waals surface area contributed by atoms with E-state index in [0.717, 1.165) is 10.9 Å². The summed E-state index contributed by atoms with van der Waals surface area (Å²) in [6, 6.07) is 6.59. The summed E-state index contributed by atoms with van der Waals surface area (Å²) in [5, 5.41) is 12.8. The molecule has 1 heterocycles. The number of phenolic OH excluding ortho intramolecular Hbond substituents is 1. The molecule has 0 aliphatic heterocycles. The van der Waals surface area contributed by atoms with Crippen molar-refractivity contribution in [2.24, 2.45) is 5.73 Å². The molecule has 5 N–H and O–H groups in total. The van der Waals surface area contributed by atoms with Gasteiger partial charge in [-0.2, -0.15) is 0 Å². The molecule has 0 bridgehead atoms. The highest BCUT2D eigenvalue weighted by Gasteiger charge is 2.08. The number of amides is 1.